The zero-order valence-electron chi connectivity index (χ0n) is 13.3. The molecule has 0 heterocycles. The summed E-state index contributed by atoms with van der Waals surface area (Å²) in [6.45, 7) is 1.38. The number of aliphatic hydroxyl groups is 3. The molecule has 0 aliphatic carbocycles. The maximum atomic E-state index is 11.5. The molecule has 0 aliphatic rings. The number of esters is 2. The van der Waals surface area contributed by atoms with E-state index >= 15 is 0 Å². The molecule has 7 heteroatoms. The molecule has 0 fully saturated rings. The SMILES string of the molecule is CC(CO)(COC(=O)CCCCO)COC(=O)CCCCO. The first-order valence-corrected chi connectivity index (χ1v) is 7.61. The molecular formula is C15H28O7. The van der Waals surface area contributed by atoms with Gasteiger partial charge in [-0.25, -0.2) is 0 Å². The van der Waals surface area contributed by atoms with Gasteiger partial charge in [0.15, 0.2) is 0 Å². The normalized spacial score (nSPS) is 11.3. The van der Waals surface area contributed by atoms with E-state index in [1.807, 2.05) is 0 Å². The average molecular weight is 320 g/mol. The van der Waals surface area contributed by atoms with Crippen LogP contribution in [0.3, 0.4) is 0 Å². The molecule has 0 spiro atoms. The van der Waals surface area contributed by atoms with Crippen molar-refractivity contribution in [2.45, 2.75) is 45.4 Å². The third-order valence-corrected chi connectivity index (χ3v) is 3.12. The number of rotatable bonds is 13. The molecule has 0 rings (SSSR count). The summed E-state index contributed by atoms with van der Waals surface area (Å²) < 4.78 is 10.1. The maximum absolute atomic E-state index is 11.5. The highest BCUT2D eigenvalue weighted by atomic mass is 16.5. The van der Waals surface area contributed by atoms with Gasteiger partial charge >= 0.3 is 11.9 Å². The fraction of sp³-hybridized carbons (Fsp3) is 0.867. The molecule has 0 aromatic carbocycles. The van der Waals surface area contributed by atoms with Crippen LogP contribution in [-0.4, -0.2) is 60.3 Å². The minimum atomic E-state index is -0.834. The summed E-state index contributed by atoms with van der Waals surface area (Å²) in [6.07, 6.45) is 2.59. The lowest BCUT2D eigenvalue weighted by Gasteiger charge is -2.26. The highest BCUT2D eigenvalue weighted by Crippen LogP contribution is 2.17. The third kappa shape index (κ3) is 10.5. The fourth-order valence-corrected chi connectivity index (χ4v) is 1.55. The fourth-order valence-electron chi connectivity index (χ4n) is 1.55. The molecule has 0 radical (unpaired) electrons. The molecule has 0 aliphatic heterocycles. The number of aliphatic hydroxyl groups excluding tert-OH is 3. The largest absolute Gasteiger partial charge is 0.465 e. The van der Waals surface area contributed by atoms with Crippen molar-refractivity contribution >= 4 is 11.9 Å². The first-order chi connectivity index (χ1) is 10.5. The van der Waals surface area contributed by atoms with E-state index in [0.717, 1.165) is 0 Å². The van der Waals surface area contributed by atoms with Crippen LogP contribution in [0.4, 0.5) is 0 Å². The number of carbonyl (C=O) groups is 2. The van der Waals surface area contributed by atoms with Crippen LogP contribution in [0.25, 0.3) is 0 Å². The molecule has 130 valence electrons. The first-order valence-electron chi connectivity index (χ1n) is 7.61. The second kappa shape index (κ2) is 12.4. The highest BCUT2D eigenvalue weighted by Gasteiger charge is 2.27. The molecule has 0 saturated heterocycles. The molecule has 7 nitrogen and oxygen atoms in total. The van der Waals surface area contributed by atoms with E-state index in [1.54, 1.807) is 6.92 Å². The summed E-state index contributed by atoms with van der Waals surface area (Å²) in [5.41, 5.74) is -0.834. The quantitative estimate of drug-likeness (QED) is 0.332. The minimum absolute atomic E-state index is 0.0356. The van der Waals surface area contributed by atoms with E-state index in [9.17, 15) is 14.7 Å². The monoisotopic (exact) mass is 320 g/mol. The minimum Gasteiger partial charge on any atom is -0.465 e. The molecule has 0 aromatic heterocycles. The van der Waals surface area contributed by atoms with Crippen LogP contribution in [0.1, 0.15) is 45.4 Å². The molecule has 0 unspecified atom stereocenters. The van der Waals surface area contributed by atoms with Crippen molar-refractivity contribution in [2.75, 3.05) is 33.0 Å². The van der Waals surface area contributed by atoms with E-state index in [2.05, 4.69) is 0 Å². The smallest absolute Gasteiger partial charge is 0.305 e. The first kappa shape index (κ1) is 20.8. The van der Waals surface area contributed by atoms with Gasteiger partial charge in [-0.05, 0) is 25.7 Å². The molecule has 0 amide bonds. The lowest BCUT2D eigenvalue weighted by molar-refractivity contribution is -0.155. The van der Waals surface area contributed by atoms with Crippen LogP contribution >= 0.6 is 0 Å². The number of carbonyl (C=O) groups excluding carboxylic acids is 2. The van der Waals surface area contributed by atoms with E-state index in [1.165, 1.54) is 0 Å². The van der Waals surface area contributed by atoms with Gasteiger partial charge in [-0.15, -0.1) is 0 Å². The van der Waals surface area contributed by atoms with Gasteiger partial charge in [0, 0.05) is 26.1 Å². The summed E-state index contributed by atoms with van der Waals surface area (Å²) in [4.78, 5) is 23.0. The average Bonchev–Trinajstić information content (AvgIpc) is 2.51. The van der Waals surface area contributed by atoms with Gasteiger partial charge in [0.2, 0.25) is 0 Å². The molecule has 3 N–H and O–H groups in total. The molecule has 0 saturated carbocycles. The summed E-state index contributed by atoms with van der Waals surface area (Å²) in [5, 5.41) is 26.6. The summed E-state index contributed by atoms with van der Waals surface area (Å²) in [6, 6.07) is 0. The number of hydrogen-bond acceptors (Lipinski definition) is 7. The topological polar surface area (TPSA) is 113 Å². The second-order valence-electron chi connectivity index (χ2n) is 5.65. The number of unbranched alkanes of at least 4 members (excludes halogenated alkanes) is 2. The zero-order valence-corrected chi connectivity index (χ0v) is 13.3. The predicted molar refractivity (Wildman–Crippen MR) is 79.0 cm³/mol. The Hall–Kier alpha value is -1.18. The van der Waals surface area contributed by atoms with Gasteiger partial charge in [-0.3, -0.25) is 9.59 Å². The summed E-state index contributed by atoms with van der Waals surface area (Å²) >= 11 is 0. The third-order valence-electron chi connectivity index (χ3n) is 3.12. The van der Waals surface area contributed by atoms with Gasteiger partial charge < -0.3 is 24.8 Å². The van der Waals surface area contributed by atoms with Crippen molar-refractivity contribution in [3.63, 3.8) is 0 Å². The van der Waals surface area contributed by atoms with Crippen LogP contribution in [0.2, 0.25) is 0 Å². The van der Waals surface area contributed by atoms with Crippen LogP contribution < -0.4 is 0 Å². The molecule has 0 aromatic rings. The van der Waals surface area contributed by atoms with Crippen LogP contribution in [0.15, 0.2) is 0 Å². The maximum Gasteiger partial charge on any atom is 0.305 e. The van der Waals surface area contributed by atoms with E-state index in [0.29, 0.717) is 25.7 Å². The molecule has 0 bridgehead atoms. The van der Waals surface area contributed by atoms with Crippen molar-refractivity contribution in [2.24, 2.45) is 5.41 Å². The van der Waals surface area contributed by atoms with E-state index in [-0.39, 0.29) is 45.9 Å². The van der Waals surface area contributed by atoms with Crippen molar-refractivity contribution < 1.29 is 34.4 Å². The van der Waals surface area contributed by atoms with E-state index < -0.39 is 17.4 Å². The Morgan fingerprint density at radius 2 is 1.23 bits per heavy atom. The Bertz CT molecular complexity index is 291. The number of hydrogen-bond donors (Lipinski definition) is 3. The Labute approximate surface area is 131 Å². The molecule has 22 heavy (non-hydrogen) atoms. The standard InChI is InChI=1S/C15H28O7/c1-15(10-18,11-21-13(19)6-2-4-8-16)12-22-14(20)7-3-5-9-17/h16-18H,2-12H2,1H3. The van der Waals surface area contributed by atoms with Crippen molar-refractivity contribution in [3.05, 3.63) is 0 Å². The van der Waals surface area contributed by atoms with Gasteiger partial charge in [-0.1, -0.05) is 6.92 Å². The van der Waals surface area contributed by atoms with Crippen molar-refractivity contribution in [3.8, 4) is 0 Å². The van der Waals surface area contributed by atoms with Gasteiger partial charge in [0.1, 0.15) is 13.2 Å². The Morgan fingerprint density at radius 3 is 1.55 bits per heavy atom. The van der Waals surface area contributed by atoms with Gasteiger partial charge in [0.05, 0.1) is 12.0 Å². The Kier molecular flexibility index (Phi) is 11.7. The summed E-state index contributed by atoms with van der Waals surface area (Å²) in [5.74, 6) is -0.801. The highest BCUT2D eigenvalue weighted by molar-refractivity contribution is 5.69. The van der Waals surface area contributed by atoms with Crippen molar-refractivity contribution in [1.82, 2.24) is 0 Å². The molecule has 0 atom stereocenters. The number of ether oxygens (including phenoxy) is 2. The predicted octanol–water partition coefficient (Wildman–Crippen LogP) is 0.397. The van der Waals surface area contributed by atoms with Gasteiger partial charge in [-0.2, -0.15) is 0 Å². The van der Waals surface area contributed by atoms with Crippen LogP contribution in [0, 0.1) is 5.41 Å². The zero-order chi connectivity index (χ0) is 16.8. The second-order valence-corrected chi connectivity index (χ2v) is 5.65. The summed E-state index contributed by atoms with van der Waals surface area (Å²) in [7, 11) is 0. The Balaban J connectivity index is 4.02. The van der Waals surface area contributed by atoms with Crippen LogP contribution in [-0.2, 0) is 19.1 Å². The van der Waals surface area contributed by atoms with E-state index in [4.69, 9.17) is 19.7 Å². The lowest BCUT2D eigenvalue weighted by Crippen LogP contribution is -2.35. The van der Waals surface area contributed by atoms with Gasteiger partial charge in [0.25, 0.3) is 0 Å². The Morgan fingerprint density at radius 1 is 0.818 bits per heavy atom. The lowest BCUT2D eigenvalue weighted by atomic mass is 9.94. The molecular weight excluding hydrogens is 292 g/mol. The van der Waals surface area contributed by atoms with Crippen molar-refractivity contribution in [1.29, 1.82) is 0 Å². The van der Waals surface area contributed by atoms with Crippen LogP contribution in [0.5, 0.6) is 0 Å².